The molecule has 1 fully saturated rings. The lowest BCUT2D eigenvalue weighted by atomic mass is 9.69. The van der Waals surface area contributed by atoms with E-state index in [0.717, 1.165) is 25.4 Å². The smallest absolute Gasteiger partial charge is 0.221 e. The minimum atomic E-state index is 0.181. The molecule has 1 amide bonds. The maximum atomic E-state index is 11.5. The molecular weight excluding hydrogens is 248 g/mol. The SMILES string of the molecule is CCCNC(=O)CCNC1CCC(C(C)(C)CC)CC1. The predicted octanol–water partition coefficient (Wildman–Crippen LogP) is 3.49. The molecule has 118 valence electrons. The van der Waals surface area contributed by atoms with Crippen LogP contribution in [0.1, 0.15) is 72.6 Å². The summed E-state index contributed by atoms with van der Waals surface area (Å²) >= 11 is 0. The van der Waals surface area contributed by atoms with Crippen LogP contribution in [0.4, 0.5) is 0 Å². The van der Waals surface area contributed by atoms with Crippen molar-refractivity contribution in [1.29, 1.82) is 0 Å². The Morgan fingerprint density at radius 2 is 1.75 bits per heavy atom. The maximum Gasteiger partial charge on any atom is 0.221 e. The fourth-order valence-corrected chi connectivity index (χ4v) is 3.11. The van der Waals surface area contributed by atoms with Gasteiger partial charge in [-0.3, -0.25) is 4.79 Å². The predicted molar refractivity (Wildman–Crippen MR) is 85.7 cm³/mol. The minimum Gasteiger partial charge on any atom is -0.356 e. The third-order valence-corrected chi connectivity index (χ3v) is 5.10. The molecule has 0 aromatic rings. The van der Waals surface area contributed by atoms with E-state index in [1.54, 1.807) is 0 Å². The van der Waals surface area contributed by atoms with Crippen molar-refractivity contribution in [2.24, 2.45) is 11.3 Å². The van der Waals surface area contributed by atoms with E-state index in [2.05, 4.69) is 38.3 Å². The molecule has 1 rings (SSSR count). The molecule has 1 aliphatic rings. The summed E-state index contributed by atoms with van der Waals surface area (Å²) in [7, 11) is 0. The summed E-state index contributed by atoms with van der Waals surface area (Å²) in [6.07, 6.45) is 8.10. The van der Waals surface area contributed by atoms with Gasteiger partial charge in [0.05, 0.1) is 0 Å². The molecule has 0 aromatic heterocycles. The van der Waals surface area contributed by atoms with E-state index in [1.807, 2.05) is 0 Å². The second kappa shape index (κ2) is 8.66. The van der Waals surface area contributed by atoms with Crippen molar-refractivity contribution in [2.75, 3.05) is 13.1 Å². The number of rotatable bonds is 8. The van der Waals surface area contributed by atoms with Crippen molar-refractivity contribution in [2.45, 2.75) is 78.7 Å². The van der Waals surface area contributed by atoms with E-state index in [1.165, 1.54) is 32.1 Å². The van der Waals surface area contributed by atoms with Crippen molar-refractivity contribution >= 4 is 5.91 Å². The van der Waals surface area contributed by atoms with Gasteiger partial charge in [0.25, 0.3) is 0 Å². The van der Waals surface area contributed by atoms with Crippen LogP contribution >= 0.6 is 0 Å². The Balaban J connectivity index is 2.15. The Morgan fingerprint density at radius 1 is 1.10 bits per heavy atom. The normalized spacial score (nSPS) is 23.6. The van der Waals surface area contributed by atoms with Gasteiger partial charge in [-0.05, 0) is 43.4 Å². The lowest BCUT2D eigenvalue weighted by Crippen LogP contribution is -2.38. The molecule has 0 atom stereocenters. The summed E-state index contributed by atoms with van der Waals surface area (Å²) < 4.78 is 0. The van der Waals surface area contributed by atoms with Gasteiger partial charge < -0.3 is 10.6 Å². The topological polar surface area (TPSA) is 41.1 Å². The van der Waals surface area contributed by atoms with Crippen LogP contribution in [-0.4, -0.2) is 25.0 Å². The average Bonchev–Trinajstić information content (AvgIpc) is 2.45. The molecular formula is C17H34N2O. The van der Waals surface area contributed by atoms with Crippen molar-refractivity contribution in [3.63, 3.8) is 0 Å². The number of carbonyl (C=O) groups excluding carboxylic acids is 1. The fraction of sp³-hybridized carbons (Fsp3) is 0.941. The monoisotopic (exact) mass is 282 g/mol. The highest BCUT2D eigenvalue weighted by molar-refractivity contribution is 5.75. The Kier molecular flexibility index (Phi) is 7.57. The summed E-state index contributed by atoms with van der Waals surface area (Å²) in [5.74, 6) is 1.05. The van der Waals surface area contributed by atoms with Crippen LogP contribution in [0.5, 0.6) is 0 Å². The second-order valence-electron chi connectivity index (χ2n) is 6.94. The van der Waals surface area contributed by atoms with E-state index in [4.69, 9.17) is 0 Å². The lowest BCUT2D eigenvalue weighted by molar-refractivity contribution is -0.121. The van der Waals surface area contributed by atoms with Gasteiger partial charge in [0.2, 0.25) is 5.91 Å². The molecule has 0 aliphatic heterocycles. The van der Waals surface area contributed by atoms with Crippen LogP contribution in [-0.2, 0) is 4.79 Å². The van der Waals surface area contributed by atoms with E-state index < -0.39 is 0 Å². The van der Waals surface area contributed by atoms with Crippen LogP contribution in [0.25, 0.3) is 0 Å². The quantitative estimate of drug-likeness (QED) is 0.715. The zero-order chi connectivity index (χ0) is 15.0. The summed E-state index contributed by atoms with van der Waals surface area (Å²) in [5.41, 5.74) is 0.491. The fourth-order valence-electron chi connectivity index (χ4n) is 3.11. The number of carbonyl (C=O) groups is 1. The van der Waals surface area contributed by atoms with Crippen LogP contribution in [0.2, 0.25) is 0 Å². The van der Waals surface area contributed by atoms with E-state index in [0.29, 0.717) is 17.9 Å². The summed E-state index contributed by atoms with van der Waals surface area (Å²) in [6, 6.07) is 0.623. The minimum absolute atomic E-state index is 0.181. The Hall–Kier alpha value is -0.570. The molecule has 0 spiro atoms. The molecule has 1 saturated carbocycles. The molecule has 0 saturated heterocycles. The van der Waals surface area contributed by atoms with Crippen molar-refractivity contribution in [1.82, 2.24) is 10.6 Å². The summed E-state index contributed by atoms with van der Waals surface area (Å²) in [6.45, 7) is 10.8. The molecule has 0 heterocycles. The van der Waals surface area contributed by atoms with Crippen LogP contribution in [0.3, 0.4) is 0 Å². The number of amides is 1. The highest BCUT2D eigenvalue weighted by Gasteiger charge is 2.31. The van der Waals surface area contributed by atoms with Crippen molar-refractivity contribution in [3.8, 4) is 0 Å². The van der Waals surface area contributed by atoms with Gasteiger partial charge >= 0.3 is 0 Å². The van der Waals surface area contributed by atoms with Gasteiger partial charge in [0.15, 0.2) is 0 Å². The van der Waals surface area contributed by atoms with Crippen molar-refractivity contribution < 1.29 is 4.79 Å². The highest BCUT2D eigenvalue weighted by atomic mass is 16.1. The standard InChI is InChI=1S/C17H34N2O/c1-5-12-19-16(20)11-13-18-15-9-7-14(8-10-15)17(3,4)6-2/h14-15,18H,5-13H2,1-4H3,(H,19,20). The second-order valence-corrected chi connectivity index (χ2v) is 6.94. The Morgan fingerprint density at radius 3 is 2.30 bits per heavy atom. The lowest BCUT2D eigenvalue weighted by Gasteiger charge is -2.39. The number of hydrogen-bond acceptors (Lipinski definition) is 2. The number of hydrogen-bond donors (Lipinski definition) is 2. The summed E-state index contributed by atoms with van der Waals surface area (Å²) in [5, 5.41) is 6.48. The molecule has 20 heavy (non-hydrogen) atoms. The van der Waals surface area contributed by atoms with Gasteiger partial charge in [-0.15, -0.1) is 0 Å². The molecule has 0 bridgehead atoms. The molecule has 1 aliphatic carbocycles. The highest BCUT2D eigenvalue weighted by Crippen LogP contribution is 2.40. The molecule has 3 heteroatoms. The third kappa shape index (κ3) is 5.82. The van der Waals surface area contributed by atoms with Gasteiger partial charge in [-0.1, -0.05) is 34.1 Å². The zero-order valence-electron chi connectivity index (χ0n) is 13.9. The molecule has 2 N–H and O–H groups in total. The molecule has 0 radical (unpaired) electrons. The zero-order valence-corrected chi connectivity index (χ0v) is 13.9. The van der Waals surface area contributed by atoms with E-state index in [9.17, 15) is 4.79 Å². The van der Waals surface area contributed by atoms with Crippen LogP contribution in [0.15, 0.2) is 0 Å². The van der Waals surface area contributed by atoms with Crippen molar-refractivity contribution in [3.05, 3.63) is 0 Å². The molecule has 3 nitrogen and oxygen atoms in total. The molecule has 0 unspecified atom stereocenters. The molecule has 0 aromatic carbocycles. The Bertz CT molecular complexity index is 281. The van der Waals surface area contributed by atoms with E-state index >= 15 is 0 Å². The summed E-state index contributed by atoms with van der Waals surface area (Å²) in [4.78, 5) is 11.5. The first kappa shape index (κ1) is 17.5. The first-order chi connectivity index (χ1) is 9.49. The number of nitrogens with one attached hydrogen (secondary N) is 2. The van der Waals surface area contributed by atoms with E-state index in [-0.39, 0.29) is 5.91 Å². The first-order valence-electron chi connectivity index (χ1n) is 8.49. The van der Waals surface area contributed by atoms with Gasteiger partial charge in [-0.25, -0.2) is 0 Å². The van der Waals surface area contributed by atoms with Gasteiger partial charge in [0, 0.05) is 25.6 Å². The maximum absolute atomic E-state index is 11.5. The van der Waals surface area contributed by atoms with Crippen LogP contribution < -0.4 is 10.6 Å². The Labute approximate surface area is 125 Å². The first-order valence-corrected chi connectivity index (χ1v) is 8.49. The third-order valence-electron chi connectivity index (χ3n) is 5.10. The average molecular weight is 282 g/mol. The van der Waals surface area contributed by atoms with Gasteiger partial charge in [0.1, 0.15) is 0 Å². The largest absolute Gasteiger partial charge is 0.356 e. The van der Waals surface area contributed by atoms with Gasteiger partial charge in [-0.2, -0.15) is 0 Å². The van der Waals surface area contributed by atoms with Crippen LogP contribution in [0, 0.1) is 11.3 Å².